The molecular weight excluding hydrogens is 312 g/mol. The van der Waals surface area contributed by atoms with E-state index in [4.69, 9.17) is 0 Å². The molecule has 0 spiro atoms. The molecule has 4 rings (SSSR count). The molecule has 1 N–H and O–H groups in total. The van der Waals surface area contributed by atoms with Crippen LogP contribution < -0.4 is 10.3 Å². The van der Waals surface area contributed by atoms with Gasteiger partial charge in [0.2, 0.25) is 0 Å². The number of nitrogens with one attached hydrogen (secondary N) is 1. The summed E-state index contributed by atoms with van der Waals surface area (Å²) in [6.07, 6.45) is 0. The summed E-state index contributed by atoms with van der Waals surface area (Å²) < 4.78 is 0. The van der Waals surface area contributed by atoms with Gasteiger partial charge in [0, 0.05) is 35.1 Å². The van der Waals surface area contributed by atoms with Gasteiger partial charge < -0.3 is 9.88 Å². The van der Waals surface area contributed by atoms with Gasteiger partial charge >= 0.3 is 0 Å². The number of aromatic nitrogens is 1. The SMILES string of the molecule is CC(C)C1CN(C(=O)c2cc(=O)c3ccccc3[nH]2)c2ccccc21. The van der Waals surface area contributed by atoms with Gasteiger partial charge in [-0.05, 0) is 29.7 Å². The fourth-order valence-corrected chi connectivity index (χ4v) is 3.66. The lowest BCUT2D eigenvalue weighted by molar-refractivity contribution is 0.0983. The number of nitrogens with zero attached hydrogens (tertiary/aromatic N) is 1. The van der Waals surface area contributed by atoms with Crippen LogP contribution in [0.1, 0.15) is 35.8 Å². The summed E-state index contributed by atoms with van der Waals surface area (Å²) in [6.45, 7) is 4.99. The van der Waals surface area contributed by atoms with Gasteiger partial charge in [0.15, 0.2) is 5.43 Å². The molecule has 0 fully saturated rings. The van der Waals surface area contributed by atoms with Crippen LogP contribution in [0.15, 0.2) is 59.4 Å². The topological polar surface area (TPSA) is 53.2 Å². The third-order valence-electron chi connectivity index (χ3n) is 5.02. The van der Waals surface area contributed by atoms with Crippen molar-refractivity contribution in [1.29, 1.82) is 0 Å². The van der Waals surface area contributed by atoms with E-state index >= 15 is 0 Å². The Balaban J connectivity index is 1.78. The number of carbonyl (C=O) groups is 1. The van der Waals surface area contributed by atoms with Crippen LogP contribution in [0.4, 0.5) is 5.69 Å². The molecule has 0 saturated heterocycles. The summed E-state index contributed by atoms with van der Waals surface area (Å²) in [5.41, 5.74) is 3.04. The number of H-pyrrole nitrogens is 1. The number of carbonyl (C=O) groups excluding carboxylic acids is 1. The first-order chi connectivity index (χ1) is 12.1. The largest absolute Gasteiger partial charge is 0.350 e. The maximum absolute atomic E-state index is 13.1. The molecule has 126 valence electrons. The predicted octanol–water partition coefficient (Wildman–Crippen LogP) is 3.93. The van der Waals surface area contributed by atoms with Gasteiger partial charge in [-0.2, -0.15) is 0 Å². The molecule has 0 aliphatic carbocycles. The molecule has 0 radical (unpaired) electrons. The van der Waals surface area contributed by atoms with Crippen molar-refractivity contribution < 1.29 is 4.79 Å². The number of amides is 1. The van der Waals surface area contributed by atoms with Crippen molar-refractivity contribution in [2.75, 3.05) is 11.4 Å². The zero-order chi connectivity index (χ0) is 17.6. The fraction of sp³-hybridized carbons (Fsp3) is 0.238. The summed E-state index contributed by atoms with van der Waals surface area (Å²) in [5, 5.41) is 0.598. The average Bonchev–Trinajstić information content (AvgIpc) is 3.01. The number of benzene rings is 2. The van der Waals surface area contributed by atoms with Crippen LogP contribution in [-0.2, 0) is 0 Å². The second-order valence-corrected chi connectivity index (χ2v) is 6.92. The third kappa shape index (κ3) is 2.54. The second-order valence-electron chi connectivity index (χ2n) is 6.92. The molecule has 1 aliphatic rings. The number of hydrogen-bond acceptors (Lipinski definition) is 2. The molecular formula is C21H20N2O2. The first kappa shape index (κ1) is 15.6. The van der Waals surface area contributed by atoms with E-state index in [1.165, 1.54) is 11.6 Å². The van der Waals surface area contributed by atoms with E-state index in [1.54, 1.807) is 11.0 Å². The zero-order valence-electron chi connectivity index (χ0n) is 14.3. The van der Waals surface area contributed by atoms with Crippen LogP contribution in [0.2, 0.25) is 0 Å². The highest BCUT2D eigenvalue weighted by molar-refractivity contribution is 6.07. The second kappa shape index (κ2) is 5.88. The van der Waals surface area contributed by atoms with Crippen molar-refractivity contribution in [2.24, 2.45) is 5.92 Å². The Morgan fingerprint density at radius 2 is 1.84 bits per heavy atom. The molecule has 2 heterocycles. The first-order valence-electron chi connectivity index (χ1n) is 8.59. The number of aromatic amines is 1. The lowest BCUT2D eigenvalue weighted by Gasteiger charge is -2.19. The Kier molecular flexibility index (Phi) is 3.68. The third-order valence-corrected chi connectivity index (χ3v) is 5.02. The zero-order valence-corrected chi connectivity index (χ0v) is 14.3. The number of pyridine rings is 1. The minimum absolute atomic E-state index is 0.134. The summed E-state index contributed by atoms with van der Waals surface area (Å²) >= 11 is 0. The molecule has 0 saturated carbocycles. The Morgan fingerprint density at radius 3 is 2.64 bits per heavy atom. The minimum atomic E-state index is -0.154. The molecule has 0 bridgehead atoms. The highest BCUT2D eigenvalue weighted by Gasteiger charge is 2.34. The molecule has 1 aromatic heterocycles. The highest BCUT2D eigenvalue weighted by atomic mass is 16.2. The molecule has 4 nitrogen and oxygen atoms in total. The summed E-state index contributed by atoms with van der Waals surface area (Å²) in [6, 6.07) is 16.7. The number of para-hydroxylation sites is 2. The summed E-state index contributed by atoms with van der Waals surface area (Å²) in [7, 11) is 0. The van der Waals surface area contributed by atoms with Crippen LogP contribution >= 0.6 is 0 Å². The van der Waals surface area contributed by atoms with E-state index in [9.17, 15) is 9.59 Å². The predicted molar refractivity (Wildman–Crippen MR) is 100 cm³/mol. The summed E-state index contributed by atoms with van der Waals surface area (Å²) in [4.78, 5) is 30.4. The highest BCUT2D eigenvalue weighted by Crippen LogP contribution is 2.40. The van der Waals surface area contributed by atoms with Crippen LogP contribution in [0.3, 0.4) is 0 Å². The molecule has 1 aliphatic heterocycles. The molecule has 2 aromatic carbocycles. The molecule has 4 heteroatoms. The van der Waals surface area contributed by atoms with Gasteiger partial charge in [0.1, 0.15) is 5.69 Å². The molecule has 25 heavy (non-hydrogen) atoms. The quantitative estimate of drug-likeness (QED) is 0.773. The Morgan fingerprint density at radius 1 is 1.12 bits per heavy atom. The van der Waals surface area contributed by atoms with Gasteiger partial charge in [-0.15, -0.1) is 0 Å². The lowest BCUT2D eigenvalue weighted by Crippen LogP contribution is -2.32. The van der Waals surface area contributed by atoms with Crippen LogP contribution in [0.5, 0.6) is 0 Å². The van der Waals surface area contributed by atoms with Crippen LogP contribution in [0, 0.1) is 5.92 Å². The Hall–Kier alpha value is -2.88. The van der Waals surface area contributed by atoms with E-state index < -0.39 is 0 Å². The van der Waals surface area contributed by atoms with E-state index in [2.05, 4.69) is 24.9 Å². The lowest BCUT2D eigenvalue weighted by atomic mass is 9.90. The Bertz CT molecular complexity index is 1020. The Labute approximate surface area is 146 Å². The maximum atomic E-state index is 13.1. The van der Waals surface area contributed by atoms with Crippen molar-refractivity contribution in [2.45, 2.75) is 19.8 Å². The van der Waals surface area contributed by atoms with Crippen molar-refractivity contribution in [3.05, 3.63) is 76.1 Å². The van der Waals surface area contributed by atoms with E-state index in [0.717, 1.165) is 5.69 Å². The number of hydrogen-bond donors (Lipinski definition) is 1. The molecule has 1 amide bonds. The number of anilines is 1. The van der Waals surface area contributed by atoms with Crippen molar-refractivity contribution >= 4 is 22.5 Å². The first-order valence-corrected chi connectivity index (χ1v) is 8.59. The average molecular weight is 332 g/mol. The van der Waals surface area contributed by atoms with Crippen LogP contribution in [-0.4, -0.2) is 17.4 Å². The molecule has 1 atom stereocenters. The van der Waals surface area contributed by atoms with Gasteiger partial charge in [-0.3, -0.25) is 9.59 Å². The van der Waals surface area contributed by atoms with E-state index in [0.29, 0.717) is 35.0 Å². The van der Waals surface area contributed by atoms with Gasteiger partial charge in [0.05, 0.1) is 0 Å². The molecule has 1 unspecified atom stereocenters. The monoisotopic (exact) mass is 332 g/mol. The van der Waals surface area contributed by atoms with Gasteiger partial charge in [-0.25, -0.2) is 0 Å². The van der Waals surface area contributed by atoms with Crippen molar-refractivity contribution in [1.82, 2.24) is 4.98 Å². The molecule has 3 aromatic rings. The smallest absolute Gasteiger partial charge is 0.274 e. The van der Waals surface area contributed by atoms with Crippen molar-refractivity contribution in [3.8, 4) is 0 Å². The van der Waals surface area contributed by atoms with E-state index in [-0.39, 0.29) is 11.3 Å². The number of rotatable bonds is 2. The van der Waals surface area contributed by atoms with Gasteiger partial charge in [-0.1, -0.05) is 44.2 Å². The standard InChI is InChI=1S/C21H20N2O2/c1-13(2)16-12-23(19-10-6-4-7-14(16)19)21(25)18-11-20(24)15-8-3-5-9-17(15)22-18/h3-11,13,16H,12H2,1-2H3,(H,22,24). The normalized spacial score (nSPS) is 16.4. The maximum Gasteiger partial charge on any atom is 0.274 e. The van der Waals surface area contributed by atoms with Crippen molar-refractivity contribution in [3.63, 3.8) is 0 Å². The van der Waals surface area contributed by atoms with E-state index in [1.807, 2.05) is 36.4 Å². The fourth-order valence-electron chi connectivity index (χ4n) is 3.66. The summed E-state index contributed by atoms with van der Waals surface area (Å²) in [5.74, 6) is 0.598. The number of fused-ring (bicyclic) bond motifs is 2. The van der Waals surface area contributed by atoms with Gasteiger partial charge in [0.25, 0.3) is 5.91 Å². The minimum Gasteiger partial charge on any atom is -0.350 e. The van der Waals surface area contributed by atoms with Crippen LogP contribution in [0.25, 0.3) is 10.9 Å².